The molecule has 1 N–H and O–H groups in total. The Bertz CT molecular complexity index is 352. The van der Waals surface area contributed by atoms with Crippen LogP contribution in [0.2, 0.25) is 0 Å². The molecule has 0 bridgehead atoms. The quantitative estimate of drug-likeness (QED) is 0.639. The summed E-state index contributed by atoms with van der Waals surface area (Å²) in [5, 5.41) is 4.46. The van der Waals surface area contributed by atoms with Crippen LogP contribution >= 0.6 is 11.8 Å². The summed E-state index contributed by atoms with van der Waals surface area (Å²) in [5.41, 5.74) is 0. The fraction of sp³-hybridized carbons (Fsp3) is 0.667. The highest BCUT2D eigenvalue weighted by molar-refractivity contribution is 7.98. The average Bonchev–Trinajstić information content (AvgIpc) is 2.89. The number of nitrogens with zero attached hydrogens (tertiary/aromatic N) is 3. The molecule has 4 nitrogen and oxygen atoms in total. The molecular weight excluding hydrogens is 232 g/mol. The lowest BCUT2D eigenvalue weighted by Crippen LogP contribution is -2.38. The summed E-state index contributed by atoms with van der Waals surface area (Å²) in [6.07, 6.45) is 6.08. The Morgan fingerprint density at radius 3 is 3.06 bits per heavy atom. The van der Waals surface area contributed by atoms with E-state index in [0.717, 1.165) is 36.9 Å². The Morgan fingerprint density at radius 1 is 1.53 bits per heavy atom. The summed E-state index contributed by atoms with van der Waals surface area (Å²) in [5.74, 6) is 1.07. The van der Waals surface area contributed by atoms with Crippen LogP contribution in [0.3, 0.4) is 0 Å². The summed E-state index contributed by atoms with van der Waals surface area (Å²) in [6.45, 7) is 5.47. The van der Waals surface area contributed by atoms with E-state index in [-0.39, 0.29) is 0 Å². The fourth-order valence-corrected chi connectivity index (χ4v) is 2.60. The van der Waals surface area contributed by atoms with E-state index in [1.54, 1.807) is 18.1 Å². The maximum absolute atomic E-state index is 4.42. The molecule has 0 radical (unpaired) electrons. The summed E-state index contributed by atoms with van der Waals surface area (Å²) in [4.78, 5) is 11.1. The molecule has 1 aromatic rings. The highest BCUT2D eigenvalue weighted by Crippen LogP contribution is 2.21. The highest BCUT2D eigenvalue weighted by Gasteiger charge is 2.22. The third kappa shape index (κ3) is 3.10. The third-order valence-corrected chi connectivity index (χ3v) is 3.71. The van der Waals surface area contributed by atoms with Crippen molar-refractivity contribution in [3.8, 4) is 0 Å². The molecule has 2 heterocycles. The van der Waals surface area contributed by atoms with Gasteiger partial charge in [-0.3, -0.25) is 0 Å². The van der Waals surface area contributed by atoms with Crippen molar-refractivity contribution >= 4 is 17.6 Å². The van der Waals surface area contributed by atoms with Gasteiger partial charge < -0.3 is 10.2 Å². The minimum atomic E-state index is 0.583. The number of rotatable bonds is 5. The van der Waals surface area contributed by atoms with E-state index in [2.05, 4.69) is 33.2 Å². The van der Waals surface area contributed by atoms with Crippen LogP contribution in [0.1, 0.15) is 19.8 Å². The van der Waals surface area contributed by atoms with Gasteiger partial charge in [-0.1, -0.05) is 6.92 Å². The summed E-state index contributed by atoms with van der Waals surface area (Å²) >= 11 is 1.67. The second kappa shape index (κ2) is 6.21. The van der Waals surface area contributed by atoms with Gasteiger partial charge in [-0.2, -0.15) is 0 Å². The van der Waals surface area contributed by atoms with Gasteiger partial charge in [0.15, 0.2) is 0 Å². The first-order valence-corrected chi connectivity index (χ1v) is 7.41. The predicted molar refractivity (Wildman–Crippen MR) is 72.7 cm³/mol. The molecule has 1 aromatic heterocycles. The molecule has 1 aliphatic rings. The molecule has 1 fully saturated rings. The van der Waals surface area contributed by atoms with Gasteiger partial charge in [-0.15, -0.1) is 11.8 Å². The van der Waals surface area contributed by atoms with Gasteiger partial charge in [0.2, 0.25) is 0 Å². The van der Waals surface area contributed by atoms with E-state index in [1.165, 1.54) is 6.42 Å². The van der Waals surface area contributed by atoms with Crippen molar-refractivity contribution in [1.29, 1.82) is 0 Å². The van der Waals surface area contributed by atoms with Gasteiger partial charge >= 0.3 is 0 Å². The lowest BCUT2D eigenvalue weighted by molar-refractivity contribution is 0.616. The molecule has 1 aliphatic heterocycles. The Kier molecular flexibility index (Phi) is 4.62. The lowest BCUT2D eigenvalue weighted by atomic mass is 10.2. The summed E-state index contributed by atoms with van der Waals surface area (Å²) in [7, 11) is 0. The zero-order valence-electron chi connectivity index (χ0n) is 10.5. The molecule has 1 atom stereocenters. The van der Waals surface area contributed by atoms with Crippen molar-refractivity contribution < 1.29 is 0 Å². The number of nitrogens with one attached hydrogen (secondary N) is 1. The molecule has 0 aliphatic carbocycles. The fourth-order valence-electron chi connectivity index (χ4n) is 2.23. The number of anilines is 1. The van der Waals surface area contributed by atoms with E-state index in [9.17, 15) is 0 Å². The van der Waals surface area contributed by atoms with Gasteiger partial charge in [0.05, 0.1) is 0 Å². The van der Waals surface area contributed by atoms with E-state index < -0.39 is 0 Å². The zero-order chi connectivity index (χ0) is 12.1. The average molecular weight is 252 g/mol. The van der Waals surface area contributed by atoms with Crippen LogP contribution in [-0.4, -0.2) is 41.9 Å². The van der Waals surface area contributed by atoms with Gasteiger partial charge in [0, 0.05) is 25.2 Å². The minimum Gasteiger partial charge on any atom is -0.352 e. The monoisotopic (exact) mass is 252 g/mol. The van der Waals surface area contributed by atoms with Crippen LogP contribution in [0.25, 0.3) is 0 Å². The topological polar surface area (TPSA) is 41.1 Å². The van der Waals surface area contributed by atoms with Crippen LogP contribution in [0.4, 0.5) is 5.82 Å². The SMILES string of the molecule is CCCN(c1cc(SC)ncn1)C1CCNC1. The van der Waals surface area contributed by atoms with E-state index in [0.29, 0.717) is 6.04 Å². The Labute approximate surface area is 107 Å². The van der Waals surface area contributed by atoms with Gasteiger partial charge in [-0.05, 0) is 25.6 Å². The summed E-state index contributed by atoms with van der Waals surface area (Å²) < 4.78 is 0. The maximum atomic E-state index is 4.42. The van der Waals surface area contributed by atoms with Crippen LogP contribution in [0.15, 0.2) is 17.4 Å². The third-order valence-electron chi connectivity index (χ3n) is 3.07. The second-order valence-electron chi connectivity index (χ2n) is 4.26. The lowest BCUT2D eigenvalue weighted by Gasteiger charge is -2.29. The Balaban J connectivity index is 2.18. The number of hydrogen-bond acceptors (Lipinski definition) is 5. The molecule has 94 valence electrons. The largest absolute Gasteiger partial charge is 0.352 e. The molecular formula is C12H20N4S. The van der Waals surface area contributed by atoms with Crippen LogP contribution in [0.5, 0.6) is 0 Å². The Morgan fingerprint density at radius 2 is 2.41 bits per heavy atom. The van der Waals surface area contributed by atoms with Crippen molar-refractivity contribution in [3.63, 3.8) is 0 Å². The Hall–Kier alpha value is -0.810. The molecule has 0 spiro atoms. The standard InChI is InChI=1S/C12H20N4S/c1-3-6-16(10-4-5-13-8-10)11-7-12(17-2)15-9-14-11/h7,9-10,13H,3-6,8H2,1-2H3. The van der Waals surface area contributed by atoms with Crippen LogP contribution < -0.4 is 10.2 Å². The van der Waals surface area contributed by atoms with Crippen molar-refractivity contribution in [2.45, 2.75) is 30.8 Å². The molecule has 0 amide bonds. The molecule has 17 heavy (non-hydrogen) atoms. The molecule has 0 aromatic carbocycles. The highest BCUT2D eigenvalue weighted by atomic mass is 32.2. The summed E-state index contributed by atoms with van der Waals surface area (Å²) in [6, 6.07) is 2.68. The second-order valence-corrected chi connectivity index (χ2v) is 5.09. The first kappa shape index (κ1) is 12.6. The molecule has 0 saturated carbocycles. The smallest absolute Gasteiger partial charge is 0.133 e. The molecule has 5 heteroatoms. The van der Waals surface area contributed by atoms with Gasteiger partial charge in [0.25, 0.3) is 0 Å². The zero-order valence-corrected chi connectivity index (χ0v) is 11.3. The van der Waals surface area contributed by atoms with Gasteiger partial charge in [-0.25, -0.2) is 9.97 Å². The predicted octanol–water partition coefficient (Wildman–Crippen LogP) is 1.78. The van der Waals surface area contributed by atoms with E-state index in [4.69, 9.17) is 0 Å². The molecule has 1 saturated heterocycles. The first-order valence-electron chi connectivity index (χ1n) is 6.18. The van der Waals surface area contributed by atoms with Crippen LogP contribution in [-0.2, 0) is 0 Å². The van der Waals surface area contributed by atoms with E-state index >= 15 is 0 Å². The normalized spacial score (nSPS) is 19.5. The molecule has 2 rings (SSSR count). The van der Waals surface area contributed by atoms with Crippen LogP contribution in [0, 0.1) is 0 Å². The number of hydrogen-bond donors (Lipinski definition) is 1. The number of aromatic nitrogens is 2. The minimum absolute atomic E-state index is 0.583. The van der Waals surface area contributed by atoms with Crippen molar-refractivity contribution in [2.75, 3.05) is 30.8 Å². The van der Waals surface area contributed by atoms with Crippen molar-refractivity contribution in [2.24, 2.45) is 0 Å². The van der Waals surface area contributed by atoms with Crippen molar-refractivity contribution in [3.05, 3.63) is 12.4 Å². The van der Waals surface area contributed by atoms with E-state index in [1.807, 2.05) is 6.26 Å². The maximum Gasteiger partial charge on any atom is 0.133 e. The van der Waals surface area contributed by atoms with Crippen molar-refractivity contribution in [1.82, 2.24) is 15.3 Å². The van der Waals surface area contributed by atoms with Gasteiger partial charge in [0.1, 0.15) is 17.2 Å². The first-order chi connectivity index (χ1) is 8.35. The number of thioether (sulfide) groups is 1. The molecule has 1 unspecified atom stereocenters.